The van der Waals surface area contributed by atoms with Crippen molar-refractivity contribution < 1.29 is 4.74 Å². The summed E-state index contributed by atoms with van der Waals surface area (Å²) < 4.78 is 7.35. The Kier molecular flexibility index (Phi) is 3.25. The van der Waals surface area contributed by atoms with Gasteiger partial charge in [-0.2, -0.15) is 5.26 Å². The number of methoxy groups -OCH3 is 1. The summed E-state index contributed by atoms with van der Waals surface area (Å²) in [5.41, 5.74) is 9.33. The number of rotatable bonds is 3. The summed E-state index contributed by atoms with van der Waals surface area (Å²) in [4.78, 5) is 0. The van der Waals surface area contributed by atoms with Crippen LogP contribution in [0.4, 0.5) is 5.69 Å². The molecular weight excluding hydrogens is 262 g/mol. The lowest BCUT2D eigenvalue weighted by Crippen LogP contribution is -2.00. The number of hydrogen-bond acceptors (Lipinski definition) is 3. The van der Waals surface area contributed by atoms with Gasteiger partial charge in [-0.05, 0) is 41.3 Å². The number of nitrogen functional groups attached to an aromatic ring is 1. The average Bonchev–Trinajstić information content (AvgIpc) is 2.88. The SMILES string of the molecule is COc1cc(N)cc(Cn2ccc3ccc(C#N)cc32)c1. The third-order valence-electron chi connectivity index (χ3n) is 3.48. The van der Waals surface area contributed by atoms with Crippen LogP contribution in [0.5, 0.6) is 5.75 Å². The topological polar surface area (TPSA) is 64.0 Å². The molecule has 0 spiro atoms. The van der Waals surface area contributed by atoms with Crippen LogP contribution in [0.1, 0.15) is 11.1 Å². The molecule has 0 aliphatic carbocycles. The Hall–Kier alpha value is -2.93. The van der Waals surface area contributed by atoms with Gasteiger partial charge in [0.25, 0.3) is 0 Å². The van der Waals surface area contributed by atoms with Crippen LogP contribution in [0.15, 0.2) is 48.7 Å². The van der Waals surface area contributed by atoms with Crippen LogP contribution in [0.25, 0.3) is 10.9 Å². The van der Waals surface area contributed by atoms with Crippen molar-refractivity contribution in [2.24, 2.45) is 0 Å². The standard InChI is InChI=1S/C17H15N3O/c1-21-16-7-13(6-15(19)9-16)11-20-5-4-14-3-2-12(10-18)8-17(14)20/h2-9H,11,19H2,1H3. The lowest BCUT2D eigenvalue weighted by atomic mass is 10.1. The highest BCUT2D eigenvalue weighted by Crippen LogP contribution is 2.22. The number of nitrogens with zero attached hydrogens (tertiary/aromatic N) is 2. The molecule has 2 aromatic carbocycles. The van der Waals surface area contributed by atoms with Gasteiger partial charge in [-0.3, -0.25) is 0 Å². The molecule has 2 N–H and O–H groups in total. The van der Waals surface area contributed by atoms with Crippen LogP contribution in [-0.2, 0) is 6.54 Å². The fraction of sp³-hybridized carbons (Fsp3) is 0.118. The van der Waals surface area contributed by atoms with E-state index in [1.807, 2.05) is 42.6 Å². The second-order valence-corrected chi connectivity index (χ2v) is 4.94. The van der Waals surface area contributed by atoms with E-state index in [-0.39, 0.29) is 0 Å². The first-order chi connectivity index (χ1) is 10.2. The molecule has 0 radical (unpaired) electrons. The molecule has 1 aromatic heterocycles. The normalized spacial score (nSPS) is 10.5. The van der Waals surface area contributed by atoms with Crippen molar-refractivity contribution in [3.63, 3.8) is 0 Å². The molecule has 0 unspecified atom stereocenters. The Balaban J connectivity index is 2.02. The number of nitrogens with two attached hydrogens (primary N) is 1. The van der Waals surface area contributed by atoms with E-state index in [1.54, 1.807) is 13.2 Å². The van der Waals surface area contributed by atoms with E-state index in [9.17, 15) is 0 Å². The third kappa shape index (κ3) is 2.54. The Morgan fingerprint density at radius 2 is 2.05 bits per heavy atom. The zero-order valence-electron chi connectivity index (χ0n) is 11.7. The summed E-state index contributed by atoms with van der Waals surface area (Å²) in [5, 5.41) is 10.1. The van der Waals surface area contributed by atoms with E-state index < -0.39 is 0 Å². The molecule has 3 rings (SSSR count). The van der Waals surface area contributed by atoms with Gasteiger partial charge in [0.2, 0.25) is 0 Å². The molecule has 0 amide bonds. The molecule has 4 nitrogen and oxygen atoms in total. The minimum atomic E-state index is 0.660. The number of nitriles is 1. The Bertz CT molecular complexity index is 843. The quantitative estimate of drug-likeness (QED) is 0.748. The maximum Gasteiger partial charge on any atom is 0.121 e. The first-order valence-electron chi connectivity index (χ1n) is 6.62. The van der Waals surface area contributed by atoms with Crippen molar-refractivity contribution in [3.05, 3.63) is 59.8 Å². The van der Waals surface area contributed by atoms with Gasteiger partial charge in [0.1, 0.15) is 5.75 Å². The summed E-state index contributed by atoms with van der Waals surface area (Å²) in [6, 6.07) is 15.6. The van der Waals surface area contributed by atoms with Crippen molar-refractivity contribution in [1.29, 1.82) is 5.26 Å². The van der Waals surface area contributed by atoms with Crippen LogP contribution in [0, 0.1) is 11.3 Å². The largest absolute Gasteiger partial charge is 0.497 e. The molecule has 1 heterocycles. The predicted molar refractivity (Wildman–Crippen MR) is 83.2 cm³/mol. The van der Waals surface area contributed by atoms with Crippen LogP contribution in [-0.4, -0.2) is 11.7 Å². The first kappa shape index (κ1) is 13.1. The summed E-state index contributed by atoms with van der Waals surface area (Å²) in [6.07, 6.45) is 2.02. The molecule has 4 heteroatoms. The van der Waals surface area contributed by atoms with Gasteiger partial charge in [0.05, 0.1) is 18.7 Å². The molecule has 0 aliphatic heterocycles. The number of aromatic nitrogens is 1. The average molecular weight is 277 g/mol. The predicted octanol–water partition coefficient (Wildman–Crippen LogP) is 3.15. The lowest BCUT2D eigenvalue weighted by Gasteiger charge is -2.09. The van der Waals surface area contributed by atoms with Crippen molar-refractivity contribution in [2.75, 3.05) is 12.8 Å². The Morgan fingerprint density at radius 3 is 2.81 bits per heavy atom. The van der Waals surface area contributed by atoms with E-state index >= 15 is 0 Å². The Morgan fingerprint density at radius 1 is 1.19 bits per heavy atom. The molecule has 0 atom stereocenters. The van der Waals surface area contributed by atoms with Crippen LogP contribution in [0.3, 0.4) is 0 Å². The summed E-state index contributed by atoms with van der Waals surface area (Å²) in [6.45, 7) is 0.680. The van der Waals surface area contributed by atoms with Gasteiger partial charge in [-0.25, -0.2) is 0 Å². The maximum atomic E-state index is 9.03. The fourth-order valence-electron chi connectivity index (χ4n) is 2.48. The van der Waals surface area contributed by atoms with Crippen molar-refractivity contribution in [3.8, 4) is 11.8 Å². The highest BCUT2D eigenvalue weighted by molar-refractivity contribution is 5.81. The molecule has 0 aliphatic rings. The summed E-state index contributed by atoms with van der Waals surface area (Å²) in [7, 11) is 1.63. The van der Waals surface area contributed by atoms with Gasteiger partial charge in [-0.1, -0.05) is 6.07 Å². The number of ether oxygens (including phenoxy) is 1. The van der Waals surface area contributed by atoms with Gasteiger partial charge >= 0.3 is 0 Å². The molecule has 0 fully saturated rings. The van der Waals surface area contributed by atoms with Crippen LogP contribution >= 0.6 is 0 Å². The van der Waals surface area contributed by atoms with E-state index in [0.29, 0.717) is 17.8 Å². The van der Waals surface area contributed by atoms with E-state index in [0.717, 1.165) is 22.2 Å². The second kappa shape index (κ2) is 5.22. The van der Waals surface area contributed by atoms with Gasteiger partial charge in [0.15, 0.2) is 0 Å². The zero-order valence-corrected chi connectivity index (χ0v) is 11.7. The summed E-state index contributed by atoms with van der Waals surface area (Å²) in [5.74, 6) is 0.749. The molecule has 104 valence electrons. The number of hydrogen-bond donors (Lipinski definition) is 1. The monoisotopic (exact) mass is 277 g/mol. The molecule has 0 bridgehead atoms. The zero-order chi connectivity index (χ0) is 14.8. The molecule has 0 saturated heterocycles. The molecule has 0 saturated carbocycles. The summed E-state index contributed by atoms with van der Waals surface area (Å²) >= 11 is 0. The second-order valence-electron chi connectivity index (χ2n) is 4.94. The fourth-order valence-corrected chi connectivity index (χ4v) is 2.48. The minimum Gasteiger partial charge on any atom is -0.497 e. The smallest absolute Gasteiger partial charge is 0.121 e. The number of fused-ring (bicyclic) bond motifs is 1. The van der Waals surface area contributed by atoms with E-state index in [4.69, 9.17) is 15.7 Å². The van der Waals surface area contributed by atoms with Gasteiger partial charge < -0.3 is 15.0 Å². The third-order valence-corrected chi connectivity index (χ3v) is 3.48. The maximum absolute atomic E-state index is 9.03. The lowest BCUT2D eigenvalue weighted by molar-refractivity contribution is 0.414. The van der Waals surface area contributed by atoms with Crippen molar-refractivity contribution in [1.82, 2.24) is 4.57 Å². The van der Waals surface area contributed by atoms with Crippen molar-refractivity contribution >= 4 is 16.6 Å². The van der Waals surface area contributed by atoms with Gasteiger partial charge in [-0.15, -0.1) is 0 Å². The van der Waals surface area contributed by atoms with Crippen LogP contribution < -0.4 is 10.5 Å². The molecular formula is C17H15N3O. The highest BCUT2D eigenvalue weighted by atomic mass is 16.5. The molecule has 3 aromatic rings. The molecule has 21 heavy (non-hydrogen) atoms. The highest BCUT2D eigenvalue weighted by Gasteiger charge is 2.05. The first-order valence-corrected chi connectivity index (χ1v) is 6.62. The van der Waals surface area contributed by atoms with Gasteiger partial charge in [0, 0.05) is 30.0 Å². The number of benzene rings is 2. The van der Waals surface area contributed by atoms with Crippen LogP contribution in [0.2, 0.25) is 0 Å². The Labute approximate surface area is 123 Å². The minimum absolute atomic E-state index is 0.660. The van der Waals surface area contributed by atoms with Crippen molar-refractivity contribution in [2.45, 2.75) is 6.54 Å². The number of anilines is 1. The van der Waals surface area contributed by atoms with E-state index in [2.05, 4.69) is 10.6 Å². The van der Waals surface area contributed by atoms with E-state index in [1.165, 1.54) is 0 Å².